The van der Waals surface area contributed by atoms with E-state index in [1.54, 1.807) is 11.3 Å². The molecule has 0 aliphatic carbocycles. The topological polar surface area (TPSA) is 48.2 Å². The average Bonchev–Trinajstić information content (AvgIpc) is 3.40. The summed E-state index contributed by atoms with van der Waals surface area (Å²) in [6.07, 6.45) is 0. The summed E-state index contributed by atoms with van der Waals surface area (Å²) in [5.74, 6) is 1.46. The number of fused-ring (bicyclic) bond motifs is 1. The van der Waals surface area contributed by atoms with E-state index in [-0.39, 0.29) is 0 Å². The van der Waals surface area contributed by atoms with E-state index in [1.165, 1.54) is 0 Å². The van der Waals surface area contributed by atoms with Crippen molar-refractivity contribution in [2.75, 3.05) is 0 Å². The van der Waals surface area contributed by atoms with Crippen molar-refractivity contribution in [3.63, 3.8) is 0 Å². The van der Waals surface area contributed by atoms with Crippen LogP contribution in [0.2, 0.25) is 0 Å². The number of rotatable bonds is 5. The van der Waals surface area contributed by atoms with Crippen LogP contribution in [0, 0.1) is 0 Å². The smallest absolute Gasteiger partial charge is 0.174 e. The van der Waals surface area contributed by atoms with Gasteiger partial charge in [-0.2, -0.15) is 0 Å². The fraction of sp³-hybridized carbons (Fsp3) is 0.0435. The third-order valence-electron chi connectivity index (χ3n) is 4.41. The lowest BCUT2D eigenvalue weighted by Crippen LogP contribution is -1.95. The van der Waals surface area contributed by atoms with Gasteiger partial charge in [-0.3, -0.25) is 0 Å². The highest BCUT2D eigenvalue weighted by molar-refractivity contribution is 7.21. The van der Waals surface area contributed by atoms with Crippen molar-refractivity contribution in [2.24, 2.45) is 0 Å². The first-order valence-electron chi connectivity index (χ1n) is 8.95. The van der Waals surface area contributed by atoms with E-state index in [2.05, 4.69) is 11.2 Å². The molecule has 0 radical (unpaired) electrons. The Morgan fingerprint density at radius 3 is 2.54 bits per heavy atom. The van der Waals surface area contributed by atoms with Gasteiger partial charge < -0.3 is 9.26 Å². The summed E-state index contributed by atoms with van der Waals surface area (Å²) >= 11 is 1.66. The summed E-state index contributed by atoms with van der Waals surface area (Å²) in [5.41, 5.74) is 3.80. The zero-order valence-corrected chi connectivity index (χ0v) is 15.7. The first kappa shape index (κ1) is 16.7. The molecule has 0 aliphatic rings. The third-order valence-corrected chi connectivity index (χ3v) is 5.48. The summed E-state index contributed by atoms with van der Waals surface area (Å²) in [7, 11) is 0. The van der Waals surface area contributed by atoms with Gasteiger partial charge in [-0.25, -0.2) is 4.98 Å². The van der Waals surface area contributed by atoms with Gasteiger partial charge in [-0.05, 0) is 24.3 Å². The van der Waals surface area contributed by atoms with Crippen LogP contribution in [0.1, 0.15) is 5.76 Å². The molecule has 0 aliphatic heterocycles. The Labute approximate surface area is 166 Å². The zero-order chi connectivity index (χ0) is 18.8. The van der Waals surface area contributed by atoms with E-state index in [4.69, 9.17) is 14.2 Å². The number of para-hydroxylation sites is 2. The Morgan fingerprint density at radius 2 is 1.64 bits per heavy atom. The van der Waals surface area contributed by atoms with E-state index in [9.17, 15) is 0 Å². The highest BCUT2D eigenvalue weighted by Crippen LogP contribution is 2.36. The van der Waals surface area contributed by atoms with Crippen LogP contribution in [-0.2, 0) is 6.61 Å². The van der Waals surface area contributed by atoms with Crippen LogP contribution in [0.5, 0.6) is 5.75 Å². The number of thiazole rings is 1. The minimum absolute atomic E-state index is 0.307. The van der Waals surface area contributed by atoms with Gasteiger partial charge in [-0.15, -0.1) is 11.3 Å². The summed E-state index contributed by atoms with van der Waals surface area (Å²) in [4.78, 5) is 4.75. The molecular weight excluding hydrogens is 368 g/mol. The Bertz CT molecular complexity index is 1190. The number of ether oxygens (including phenoxy) is 1. The number of nitrogens with zero attached hydrogens (tertiary/aromatic N) is 2. The molecule has 5 aromatic rings. The van der Waals surface area contributed by atoms with Crippen LogP contribution in [0.3, 0.4) is 0 Å². The monoisotopic (exact) mass is 384 g/mol. The van der Waals surface area contributed by atoms with E-state index < -0.39 is 0 Å². The molecule has 5 rings (SSSR count). The molecule has 3 aromatic carbocycles. The third kappa shape index (κ3) is 3.28. The van der Waals surface area contributed by atoms with Crippen LogP contribution < -0.4 is 4.74 Å². The number of hydrogen-bond acceptors (Lipinski definition) is 5. The molecule has 0 spiro atoms. The van der Waals surface area contributed by atoms with E-state index in [0.29, 0.717) is 12.4 Å². The van der Waals surface area contributed by atoms with Crippen LogP contribution in [-0.4, -0.2) is 10.1 Å². The first-order valence-corrected chi connectivity index (χ1v) is 9.77. The molecule has 0 amide bonds. The summed E-state index contributed by atoms with van der Waals surface area (Å²) < 4.78 is 12.7. The van der Waals surface area contributed by atoms with Crippen LogP contribution in [0.4, 0.5) is 0 Å². The molecule has 2 heterocycles. The van der Waals surface area contributed by atoms with Gasteiger partial charge in [0.15, 0.2) is 5.76 Å². The quantitative estimate of drug-likeness (QED) is 0.362. The zero-order valence-electron chi connectivity index (χ0n) is 14.9. The van der Waals surface area contributed by atoms with Gasteiger partial charge in [-0.1, -0.05) is 59.8 Å². The predicted molar refractivity (Wildman–Crippen MR) is 111 cm³/mol. The molecule has 136 valence electrons. The maximum atomic E-state index is 6.06. The van der Waals surface area contributed by atoms with Crippen LogP contribution in [0.15, 0.2) is 89.5 Å². The lowest BCUT2D eigenvalue weighted by molar-refractivity contribution is 0.250. The first-order chi connectivity index (χ1) is 13.9. The Morgan fingerprint density at radius 1 is 0.857 bits per heavy atom. The highest BCUT2D eigenvalue weighted by Gasteiger charge is 2.13. The summed E-state index contributed by atoms with van der Waals surface area (Å²) in [6, 6.07) is 27.9. The molecule has 0 bridgehead atoms. The van der Waals surface area contributed by atoms with Crippen LogP contribution in [0.25, 0.3) is 32.0 Å². The lowest BCUT2D eigenvalue weighted by Gasteiger charge is -2.08. The minimum atomic E-state index is 0.307. The van der Waals surface area contributed by atoms with Crippen LogP contribution >= 0.6 is 11.3 Å². The van der Waals surface area contributed by atoms with Crippen molar-refractivity contribution in [3.8, 4) is 27.6 Å². The molecule has 0 saturated heterocycles. The van der Waals surface area contributed by atoms with E-state index in [0.717, 1.165) is 37.8 Å². The SMILES string of the molecule is c1ccc(-c2cc(COc3ccccc3-c3nc4ccccc4s3)on2)cc1. The normalized spacial score (nSPS) is 11.0. The maximum Gasteiger partial charge on any atom is 0.174 e. The summed E-state index contributed by atoms with van der Waals surface area (Å²) in [6.45, 7) is 0.307. The van der Waals surface area contributed by atoms with Crippen molar-refractivity contribution < 1.29 is 9.26 Å². The molecule has 0 saturated carbocycles. The number of aromatic nitrogens is 2. The van der Waals surface area contributed by atoms with Crippen molar-refractivity contribution >= 4 is 21.6 Å². The predicted octanol–water partition coefficient (Wildman–Crippen LogP) is 6.20. The van der Waals surface area contributed by atoms with Crippen molar-refractivity contribution in [1.29, 1.82) is 0 Å². The molecule has 28 heavy (non-hydrogen) atoms. The molecule has 0 N–H and O–H groups in total. The molecule has 0 atom stereocenters. The number of benzene rings is 3. The van der Waals surface area contributed by atoms with Crippen molar-refractivity contribution in [1.82, 2.24) is 10.1 Å². The molecule has 5 heteroatoms. The van der Waals surface area contributed by atoms with E-state index in [1.807, 2.05) is 78.9 Å². The Kier molecular flexibility index (Phi) is 4.35. The summed E-state index contributed by atoms with van der Waals surface area (Å²) in [5, 5.41) is 5.09. The van der Waals surface area contributed by atoms with Gasteiger partial charge in [0, 0.05) is 11.6 Å². The fourth-order valence-electron chi connectivity index (χ4n) is 3.03. The van der Waals surface area contributed by atoms with Gasteiger partial charge in [0.05, 0.1) is 15.8 Å². The molecule has 0 fully saturated rings. The van der Waals surface area contributed by atoms with Gasteiger partial charge in [0.1, 0.15) is 23.1 Å². The largest absolute Gasteiger partial charge is 0.485 e. The Hall–Kier alpha value is -3.44. The molecular formula is C23H16N2O2S. The average molecular weight is 384 g/mol. The fourth-order valence-corrected chi connectivity index (χ4v) is 4.03. The van der Waals surface area contributed by atoms with Gasteiger partial charge >= 0.3 is 0 Å². The lowest BCUT2D eigenvalue weighted by atomic mass is 10.1. The Balaban J connectivity index is 1.39. The van der Waals surface area contributed by atoms with Gasteiger partial charge in [0.25, 0.3) is 0 Å². The maximum absolute atomic E-state index is 6.06. The molecule has 4 nitrogen and oxygen atoms in total. The second kappa shape index (κ2) is 7.29. The molecule has 2 aromatic heterocycles. The second-order valence-electron chi connectivity index (χ2n) is 6.32. The highest BCUT2D eigenvalue weighted by atomic mass is 32.1. The molecule has 0 unspecified atom stereocenters. The standard InChI is InChI=1S/C23H16N2O2S/c1-2-8-16(9-3-1)20-14-17(27-25-20)15-26-21-12-6-4-10-18(21)23-24-19-11-5-7-13-22(19)28-23/h1-14H,15H2. The van der Waals surface area contributed by atoms with Crippen molar-refractivity contribution in [3.05, 3.63) is 90.7 Å². The minimum Gasteiger partial charge on any atom is -0.485 e. The second-order valence-corrected chi connectivity index (χ2v) is 7.35. The number of hydrogen-bond donors (Lipinski definition) is 0. The van der Waals surface area contributed by atoms with Crippen molar-refractivity contribution in [2.45, 2.75) is 6.61 Å². The van der Waals surface area contributed by atoms with E-state index >= 15 is 0 Å². The van der Waals surface area contributed by atoms with Gasteiger partial charge in [0.2, 0.25) is 0 Å².